The fraction of sp³-hybridized carbons (Fsp3) is 0.600. The van der Waals surface area contributed by atoms with Crippen molar-refractivity contribution in [3.63, 3.8) is 0 Å². The van der Waals surface area contributed by atoms with Crippen molar-refractivity contribution >= 4 is 0 Å². The van der Waals surface area contributed by atoms with E-state index in [1.54, 1.807) is 0 Å². The second kappa shape index (κ2) is 6.96. The van der Waals surface area contributed by atoms with E-state index >= 15 is 0 Å². The molecular formula is C15H21F2NO. The van der Waals surface area contributed by atoms with Gasteiger partial charge in [0.2, 0.25) is 0 Å². The Labute approximate surface area is 113 Å². The molecule has 0 saturated heterocycles. The summed E-state index contributed by atoms with van der Waals surface area (Å²) in [7, 11) is 0. The number of benzene rings is 1. The fourth-order valence-electron chi connectivity index (χ4n) is 2.85. The van der Waals surface area contributed by atoms with Gasteiger partial charge < -0.3 is 5.11 Å². The average Bonchev–Trinajstić information content (AvgIpc) is 2.43. The molecular weight excluding hydrogens is 248 g/mol. The zero-order chi connectivity index (χ0) is 13.7. The van der Waals surface area contributed by atoms with Crippen molar-refractivity contribution in [1.82, 2.24) is 4.90 Å². The fourth-order valence-corrected chi connectivity index (χ4v) is 2.85. The SMILES string of the molecule is OCCN(Cc1cc(F)ccc1F)C1CCCCC1. The first-order valence-corrected chi connectivity index (χ1v) is 6.99. The summed E-state index contributed by atoms with van der Waals surface area (Å²) >= 11 is 0. The van der Waals surface area contributed by atoms with E-state index in [0.717, 1.165) is 18.9 Å². The molecule has 0 bridgehead atoms. The molecule has 106 valence electrons. The second-order valence-corrected chi connectivity index (χ2v) is 5.22. The van der Waals surface area contributed by atoms with E-state index in [-0.39, 0.29) is 12.4 Å². The zero-order valence-electron chi connectivity index (χ0n) is 11.1. The van der Waals surface area contributed by atoms with E-state index in [0.29, 0.717) is 24.7 Å². The van der Waals surface area contributed by atoms with Crippen LogP contribution in [0.5, 0.6) is 0 Å². The van der Waals surface area contributed by atoms with Crippen molar-refractivity contribution in [2.45, 2.75) is 44.7 Å². The molecule has 4 heteroatoms. The molecule has 2 rings (SSSR count). The smallest absolute Gasteiger partial charge is 0.127 e. The van der Waals surface area contributed by atoms with Crippen LogP contribution in [-0.4, -0.2) is 29.2 Å². The molecule has 0 atom stereocenters. The minimum atomic E-state index is -0.413. The molecule has 0 amide bonds. The summed E-state index contributed by atoms with van der Waals surface area (Å²) in [4.78, 5) is 2.08. The molecule has 1 aliphatic rings. The van der Waals surface area contributed by atoms with Gasteiger partial charge in [0, 0.05) is 24.7 Å². The molecule has 1 fully saturated rings. The van der Waals surface area contributed by atoms with E-state index in [1.807, 2.05) is 0 Å². The molecule has 0 aliphatic heterocycles. The van der Waals surface area contributed by atoms with Crippen molar-refractivity contribution in [1.29, 1.82) is 0 Å². The van der Waals surface area contributed by atoms with Gasteiger partial charge in [-0.05, 0) is 31.0 Å². The van der Waals surface area contributed by atoms with E-state index in [4.69, 9.17) is 5.11 Å². The Kier molecular flexibility index (Phi) is 5.28. The van der Waals surface area contributed by atoms with Gasteiger partial charge in [0.05, 0.1) is 6.61 Å². The zero-order valence-corrected chi connectivity index (χ0v) is 11.1. The van der Waals surface area contributed by atoms with Gasteiger partial charge in [-0.15, -0.1) is 0 Å². The summed E-state index contributed by atoms with van der Waals surface area (Å²) < 4.78 is 26.9. The molecule has 0 unspecified atom stereocenters. The van der Waals surface area contributed by atoms with Crippen LogP contribution in [0.15, 0.2) is 18.2 Å². The van der Waals surface area contributed by atoms with Crippen molar-refractivity contribution in [3.05, 3.63) is 35.4 Å². The lowest BCUT2D eigenvalue weighted by atomic mass is 9.94. The van der Waals surface area contributed by atoms with Crippen LogP contribution in [0.4, 0.5) is 8.78 Å². The maximum atomic E-state index is 13.7. The predicted octanol–water partition coefficient (Wildman–Crippen LogP) is 3.09. The van der Waals surface area contributed by atoms with Gasteiger partial charge in [0.15, 0.2) is 0 Å². The topological polar surface area (TPSA) is 23.5 Å². The van der Waals surface area contributed by atoms with Crippen LogP contribution in [0.25, 0.3) is 0 Å². The Morgan fingerprint density at radius 1 is 1.16 bits per heavy atom. The lowest BCUT2D eigenvalue weighted by molar-refractivity contribution is 0.116. The molecule has 1 N–H and O–H groups in total. The Balaban J connectivity index is 2.08. The molecule has 1 aromatic carbocycles. The first-order valence-electron chi connectivity index (χ1n) is 6.99. The van der Waals surface area contributed by atoms with Crippen molar-refractivity contribution < 1.29 is 13.9 Å². The standard InChI is InChI=1S/C15H21F2NO/c16-13-6-7-15(17)12(10-13)11-18(8-9-19)14-4-2-1-3-5-14/h6-7,10,14,19H,1-5,8-9,11H2. The van der Waals surface area contributed by atoms with Gasteiger partial charge in [-0.25, -0.2) is 8.78 Å². The summed E-state index contributed by atoms with van der Waals surface area (Å²) in [6, 6.07) is 3.93. The molecule has 1 saturated carbocycles. The molecule has 19 heavy (non-hydrogen) atoms. The van der Waals surface area contributed by atoms with Gasteiger partial charge in [-0.3, -0.25) is 4.90 Å². The number of rotatable bonds is 5. The molecule has 0 spiro atoms. The van der Waals surface area contributed by atoms with Crippen molar-refractivity contribution in [3.8, 4) is 0 Å². The maximum Gasteiger partial charge on any atom is 0.127 e. The van der Waals surface area contributed by atoms with E-state index in [9.17, 15) is 8.78 Å². The van der Waals surface area contributed by atoms with Crippen molar-refractivity contribution in [2.75, 3.05) is 13.2 Å². The molecule has 2 nitrogen and oxygen atoms in total. The van der Waals surface area contributed by atoms with Crippen LogP contribution in [0, 0.1) is 11.6 Å². The molecule has 1 aromatic rings. The predicted molar refractivity (Wildman–Crippen MR) is 70.7 cm³/mol. The first-order chi connectivity index (χ1) is 9.20. The highest BCUT2D eigenvalue weighted by Gasteiger charge is 2.21. The minimum Gasteiger partial charge on any atom is -0.395 e. The van der Waals surface area contributed by atoms with Crippen LogP contribution in [0.1, 0.15) is 37.7 Å². The number of aliphatic hydroxyl groups is 1. The first kappa shape index (κ1) is 14.4. The van der Waals surface area contributed by atoms with Crippen LogP contribution in [-0.2, 0) is 6.54 Å². The second-order valence-electron chi connectivity index (χ2n) is 5.22. The number of hydrogen-bond acceptors (Lipinski definition) is 2. The third-order valence-corrected chi connectivity index (χ3v) is 3.86. The summed E-state index contributed by atoms with van der Waals surface area (Å²) in [6.07, 6.45) is 5.77. The Morgan fingerprint density at radius 2 is 1.89 bits per heavy atom. The highest BCUT2D eigenvalue weighted by Crippen LogP contribution is 2.24. The Morgan fingerprint density at radius 3 is 2.58 bits per heavy atom. The quantitative estimate of drug-likeness (QED) is 0.888. The lowest BCUT2D eigenvalue weighted by Crippen LogP contribution is -2.38. The summed E-state index contributed by atoms with van der Waals surface area (Å²) in [6.45, 7) is 0.933. The molecule has 0 radical (unpaired) electrons. The number of aliphatic hydroxyl groups excluding tert-OH is 1. The van der Waals surface area contributed by atoms with Crippen LogP contribution < -0.4 is 0 Å². The van der Waals surface area contributed by atoms with Gasteiger partial charge in [0.25, 0.3) is 0 Å². The number of halogens is 2. The largest absolute Gasteiger partial charge is 0.395 e. The average molecular weight is 269 g/mol. The van der Waals surface area contributed by atoms with Gasteiger partial charge >= 0.3 is 0 Å². The normalized spacial score (nSPS) is 17.1. The van der Waals surface area contributed by atoms with Gasteiger partial charge in [0.1, 0.15) is 11.6 Å². The number of hydrogen-bond donors (Lipinski definition) is 1. The van der Waals surface area contributed by atoms with Crippen LogP contribution in [0.2, 0.25) is 0 Å². The summed E-state index contributed by atoms with van der Waals surface area (Å²) in [5, 5.41) is 9.16. The molecule has 1 aliphatic carbocycles. The Hall–Kier alpha value is -1.00. The van der Waals surface area contributed by atoms with Crippen molar-refractivity contribution in [2.24, 2.45) is 0 Å². The summed E-state index contributed by atoms with van der Waals surface area (Å²) in [5.41, 5.74) is 0.374. The van der Waals surface area contributed by atoms with Gasteiger partial charge in [-0.2, -0.15) is 0 Å². The molecule has 0 heterocycles. The van der Waals surface area contributed by atoms with Crippen LogP contribution >= 0.6 is 0 Å². The third kappa shape index (κ3) is 3.98. The van der Waals surface area contributed by atoms with Crippen LogP contribution in [0.3, 0.4) is 0 Å². The third-order valence-electron chi connectivity index (χ3n) is 3.86. The lowest BCUT2D eigenvalue weighted by Gasteiger charge is -2.34. The van der Waals surface area contributed by atoms with E-state index < -0.39 is 5.82 Å². The monoisotopic (exact) mass is 269 g/mol. The highest BCUT2D eigenvalue weighted by atomic mass is 19.1. The van der Waals surface area contributed by atoms with E-state index in [2.05, 4.69) is 4.90 Å². The maximum absolute atomic E-state index is 13.7. The van der Waals surface area contributed by atoms with Gasteiger partial charge in [-0.1, -0.05) is 19.3 Å². The minimum absolute atomic E-state index is 0.0490. The Bertz CT molecular complexity index is 405. The van der Waals surface area contributed by atoms with E-state index in [1.165, 1.54) is 31.4 Å². The number of nitrogens with zero attached hydrogens (tertiary/aromatic N) is 1. The summed E-state index contributed by atoms with van der Waals surface area (Å²) in [5.74, 6) is -0.788. The molecule has 0 aromatic heterocycles. The highest BCUT2D eigenvalue weighted by molar-refractivity contribution is 5.18.